The lowest BCUT2D eigenvalue weighted by Gasteiger charge is -2.38. The molecule has 23 heavy (non-hydrogen) atoms. The van der Waals surface area contributed by atoms with Gasteiger partial charge in [-0.15, -0.1) is 11.3 Å². The van der Waals surface area contributed by atoms with Crippen LogP contribution in [0.5, 0.6) is 5.88 Å². The van der Waals surface area contributed by atoms with Gasteiger partial charge >= 0.3 is 12.2 Å². The van der Waals surface area contributed by atoms with Crippen molar-refractivity contribution < 1.29 is 22.7 Å². The van der Waals surface area contributed by atoms with Gasteiger partial charge in [0.05, 0.1) is 23.7 Å². The Balaban J connectivity index is 1.47. The Labute approximate surface area is 133 Å². The molecule has 2 aromatic heterocycles. The van der Waals surface area contributed by atoms with Crippen molar-refractivity contribution in [3.8, 4) is 5.88 Å². The van der Waals surface area contributed by atoms with Crippen LogP contribution in [0.4, 0.5) is 23.0 Å². The Kier molecular flexibility index (Phi) is 4.12. The molecule has 3 heterocycles. The number of ether oxygens (including phenoxy) is 1. The van der Waals surface area contributed by atoms with Gasteiger partial charge in [0.15, 0.2) is 0 Å². The molecular formula is C14H12F3N3O2S. The van der Waals surface area contributed by atoms with Crippen LogP contribution in [0.3, 0.4) is 0 Å². The van der Waals surface area contributed by atoms with E-state index in [-0.39, 0.29) is 18.0 Å². The van der Waals surface area contributed by atoms with Crippen molar-refractivity contribution in [3.05, 3.63) is 41.4 Å². The van der Waals surface area contributed by atoms with Crippen molar-refractivity contribution in [1.82, 2.24) is 9.88 Å². The summed E-state index contributed by atoms with van der Waals surface area (Å²) in [7, 11) is 0. The van der Waals surface area contributed by atoms with Crippen LogP contribution >= 0.6 is 11.3 Å². The summed E-state index contributed by atoms with van der Waals surface area (Å²) in [6, 6.07) is 5.49. The smallest absolute Gasteiger partial charge is 0.417 e. The van der Waals surface area contributed by atoms with Gasteiger partial charge in [-0.1, -0.05) is 0 Å². The molecule has 0 atom stereocenters. The summed E-state index contributed by atoms with van der Waals surface area (Å²) in [5.74, 6) is 0.112. The molecule has 0 aromatic carbocycles. The predicted molar refractivity (Wildman–Crippen MR) is 78.6 cm³/mol. The molecule has 2 amide bonds. The van der Waals surface area contributed by atoms with Crippen LogP contribution in [0.2, 0.25) is 0 Å². The van der Waals surface area contributed by atoms with E-state index in [1.54, 1.807) is 11.0 Å². The highest BCUT2D eigenvalue weighted by Crippen LogP contribution is 2.29. The average molecular weight is 343 g/mol. The molecule has 1 saturated heterocycles. The number of hydrogen-bond acceptors (Lipinski definition) is 4. The summed E-state index contributed by atoms with van der Waals surface area (Å²) in [6.45, 7) is 0.722. The van der Waals surface area contributed by atoms with E-state index in [1.807, 2.05) is 11.4 Å². The Morgan fingerprint density at radius 3 is 2.70 bits per heavy atom. The second-order valence-corrected chi connectivity index (χ2v) is 5.88. The second-order valence-electron chi connectivity index (χ2n) is 4.94. The first-order valence-corrected chi connectivity index (χ1v) is 7.59. The monoisotopic (exact) mass is 343 g/mol. The van der Waals surface area contributed by atoms with Gasteiger partial charge in [0.1, 0.15) is 6.10 Å². The lowest BCUT2D eigenvalue weighted by atomic mass is 10.2. The van der Waals surface area contributed by atoms with E-state index >= 15 is 0 Å². The second kappa shape index (κ2) is 6.07. The number of alkyl halides is 3. The predicted octanol–water partition coefficient (Wildman–Crippen LogP) is 3.46. The first-order valence-electron chi connectivity index (χ1n) is 6.71. The number of hydrogen-bond donors (Lipinski definition) is 1. The summed E-state index contributed by atoms with van der Waals surface area (Å²) in [5.41, 5.74) is -0.824. The van der Waals surface area contributed by atoms with Crippen molar-refractivity contribution in [1.29, 1.82) is 0 Å². The number of likely N-dealkylation sites (tertiary alicyclic amines) is 1. The highest BCUT2D eigenvalue weighted by molar-refractivity contribution is 7.14. The third-order valence-corrected chi connectivity index (χ3v) is 4.02. The normalized spacial score (nSPS) is 15.2. The van der Waals surface area contributed by atoms with Gasteiger partial charge < -0.3 is 9.64 Å². The molecule has 0 aliphatic carbocycles. The summed E-state index contributed by atoms with van der Waals surface area (Å²) >= 11 is 1.42. The molecule has 1 aliphatic rings. The average Bonchev–Trinajstić information content (AvgIpc) is 2.94. The van der Waals surface area contributed by atoms with Crippen LogP contribution in [0.15, 0.2) is 35.8 Å². The molecule has 1 fully saturated rings. The lowest BCUT2D eigenvalue weighted by Crippen LogP contribution is -2.57. The summed E-state index contributed by atoms with van der Waals surface area (Å²) in [4.78, 5) is 17.1. The van der Waals surface area contributed by atoms with E-state index in [4.69, 9.17) is 4.74 Å². The standard InChI is InChI=1S/C14H12F3N3O2S/c15-14(16,17)9-3-4-11(18-6-9)22-10-7-20(8-10)13(21)19-12-2-1-5-23-12/h1-6,10H,7-8H2,(H,19,21). The fourth-order valence-electron chi connectivity index (χ4n) is 2.00. The van der Waals surface area contributed by atoms with Gasteiger partial charge in [0.25, 0.3) is 0 Å². The van der Waals surface area contributed by atoms with Gasteiger partial charge in [-0.25, -0.2) is 9.78 Å². The number of amides is 2. The maximum atomic E-state index is 12.4. The van der Waals surface area contributed by atoms with E-state index in [0.717, 1.165) is 17.3 Å². The fraction of sp³-hybridized carbons (Fsp3) is 0.286. The largest absolute Gasteiger partial charge is 0.471 e. The molecular weight excluding hydrogens is 331 g/mol. The maximum Gasteiger partial charge on any atom is 0.417 e. The van der Waals surface area contributed by atoms with E-state index < -0.39 is 11.7 Å². The van der Waals surface area contributed by atoms with Gasteiger partial charge in [-0.3, -0.25) is 5.32 Å². The third-order valence-electron chi connectivity index (χ3n) is 3.24. The Morgan fingerprint density at radius 1 is 1.35 bits per heavy atom. The number of nitrogens with one attached hydrogen (secondary N) is 1. The number of anilines is 1. The Hall–Kier alpha value is -2.29. The number of rotatable bonds is 3. The molecule has 1 aliphatic heterocycles. The molecule has 0 bridgehead atoms. The van der Waals surface area contributed by atoms with Crippen LogP contribution in [0, 0.1) is 0 Å². The lowest BCUT2D eigenvalue weighted by molar-refractivity contribution is -0.137. The maximum absolute atomic E-state index is 12.4. The van der Waals surface area contributed by atoms with E-state index in [0.29, 0.717) is 13.1 Å². The number of carbonyl (C=O) groups excluding carboxylic acids is 1. The minimum Gasteiger partial charge on any atom is -0.471 e. The van der Waals surface area contributed by atoms with Crippen molar-refractivity contribution in [2.45, 2.75) is 12.3 Å². The molecule has 1 N–H and O–H groups in total. The molecule has 0 saturated carbocycles. The number of aromatic nitrogens is 1. The molecule has 122 valence electrons. The first-order chi connectivity index (χ1) is 10.9. The zero-order valence-corrected chi connectivity index (χ0v) is 12.5. The van der Waals surface area contributed by atoms with E-state index in [1.165, 1.54) is 17.4 Å². The van der Waals surface area contributed by atoms with Gasteiger partial charge in [0, 0.05) is 12.3 Å². The Bertz CT molecular complexity index is 668. The van der Waals surface area contributed by atoms with Crippen molar-refractivity contribution >= 4 is 22.4 Å². The van der Waals surface area contributed by atoms with E-state index in [2.05, 4.69) is 10.3 Å². The van der Waals surface area contributed by atoms with E-state index in [9.17, 15) is 18.0 Å². The van der Waals surface area contributed by atoms with Crippen molar-refractivity contribution in [2.75, 3.05) is 18.4 Å². The number of thiophene rings is 1. The van der Waals surface area contributed by atoms with Gasteiger partial charge in [0.2, 0.25) is 5.88 Å². The van der Waals surface area contributed by atoms with Crippen LogP contribution in [-0.4, -0.2) is 35.1 Å². The van der Waals surface area contributed by atoms with Crippen LogP contribution in [0.1, 0.15) is 5.56 Å². The third kappa shape index (κ3) is 3.73. The highest BCUT2D eigenvalue weighted by Gasteiger charge is 2.34. The molecule has 3 rings (SSSR count). The van der Waals surface area contributed by atoms with Gasteiger partial charge in [-0.05, 0) is 23.6 Å². The fourth-order valence-corrected chi connectivity index (χ4v) is 2.61. The minimum atomic E-state index is -4.42. The van der Waals surface area contributed by atoms with Crippen LogP contribution < -0.4 is 10.1 Å². The summed E-state index contributed by atoms with van der Waals surface area (Å²) in [5, 5.41) is 5.35. The van der Waals surface area contributed by atoms with Crippen LogP contribution in [0.25, 0.3) is 0 Å². The SMILES string of the molecule is O=C(Nc1cccs1)N1CC(Oc2ccc(C(F)(F)F)cn2)C1. The number of urea groups is 1. The molecule has 5 nitrogen and oxygen atoms in total. The zero-order chi connectivity index (χ0) is 16.4. The summed E-state index contributed by atoms with van der Waals surface area (Å²) in [6.07, 6.45) is -3.96. The number of nitrogens with zero attached hydrogens (tertiary/aromatic N) is 2. The molecule has 0 spiro atoms. The first kappa shape index (κ1) is 15.6. The minimum absolute atomic E-state index is 0.112. The molecule has 0 radical (unpaired) electrons. The zero-order valence-electron chi connectivity index (χ0n) is 11.7. The topological polar surface area (TPSA) is 54.5 Å². The summed E-state index contributed by atoms with van der Waals surface area (Å²) < 4.78 is 42.7. The van der Waals surface area contributed by atoms with Crippen molar-refractivity contribution in [2.24, 2.45) is 0 Å². The van der Waals surface area contributed by atoms with Gasteiger partial charge in [-0.2, -0.15) is 13.2 Å². The quantitative estimate of drug-likeness (QED) is 0.929. The highest BCUT2D eigenvalue weighted by atomic mass is 32.1. The van der Waals surface area contributed by atoms with Crippen LogP contribution in [-0.2, 0) is 6.18 Å². The number of carbonyl (C=O) groups is 1. The number of halogens is 3. The number of pyridine rings is 1. The molecule has 2 aromatic rings. The Morgan fingerprint density at radius 2 is 2.13 bits per heavy atom. The van der Waals surface area contributed by atoms with Crippen molar-refractivity contribution in [3.63, 3.8) is 0 Å². The molecule has 0 unspecified atom stereocenters. The molecule has 9 heteroatoms.